The second-order valence-electron chi connectivity index (χ2n) is 19.5. The topological polar surface area (TPSA) is 321 Å². The highest BCUT2D eigenvalue weighted by Crippen LogP contribution is 2.54. The van der Waals surface area contributed by atoms with Gasteiger partial charge in [0.25, 0.3) is 5.91 Å². The molecule has 0 saturated carbocycles. The Labute approximate surface area is 416 Å². The number of imidazole rings is 1. The van der Waals surface area contributed by atoms with Crippen LogP contribution in [0.4, 0.5) is 16.4 Å². The molecule has 5 N–H and O–H groups in total. The van der Waals surface area contributed by atoms with E-state index in [-0.39, 0.29) is 35.6 Å². The largest absolute Gasteiger partial charge is 0.475 e. The quantitative estimate of drug-likeness (QED) is 0.0483. The van der Waals surface area contributed by atoms with Gasteiger partial charge in [-0.15, -0.1) is 0 Å². The number of carbonyl (C=O) groups is 4. The normalized spacial score (nSPS) is 22.6. The number of ether oxygens (including phenoxy) is 3. The molecule has 27 heteroatoms. The predicted molar refractivity (Wildman–Crippen MR) is 259 cm³/mol. The maximum Gasteiger partial charge on any atom is 0.475 e. The smallest absolute Gasteiger partial charge is 0.444 e. The summed E-state index contributed by atoms with van der Waals surface area (Å²) in [5.41, 5.74) is -0.964. The molecule has 9 atom stereocenters. The number of nitriles is 1. The van der Waals surface area contributed by atoms with Crippen LogP contribution in [0.1, 0.15) is 91.0 Å². The molecule has 6 rings (SSSR count). The number of hydrogen-bond acceptors (Lipinski definition) is 19. The first kappa shape index (κ1) is 55.3. The Bertz CT molecular complexity index is 2740. The van der Waals surface area contributed by atoms with Crippen LogP contribution in [0.25, 0.3) is 11.2 Å². The summed E-state index contributed by atoms with van der Waals surface area (Å²) in [4.78, 5) is 82.1. The summed E-state index contributed by atoms with van der Waals surface area (Å²) in [7, 11) is -7.63. The third kappa shape index (κ3) is 13.7. The number of phosphoric acid groups is 1. The van der Waals surface area contributed by atoms with Gasteiger partial charge in [0, 0.05) is 25.1 Å². The Morgan fingerprint density at radius 1 is 1.00 bits per heavy atom. The fraction of sp³-hybridized carbons (Fsp3) is 0.556. The van der Waals surface area contributed by atoms with Crippen molar-refractivity contribution in [2.75, 3.05) is 30.5 Å². The van der Waals surface area contributed by atoms with E-state index < -0.39 is 125 Å². The molecule has 25 nitrogen and oxygen atoms in total. The number of hydrogen-bond donors (Lipinski definition) is 5. The molecule has 2 aliphatic heterocycles. The molecule has 2 saturated heterocycles. The number of rotatable bonds is 19. The van der Waals surface area contributed by atoms with Crippen LogP contribution in [-0.4, -0.2) is 128 Å². The fourth-order valence-electron chi connectivity index (χ4n) is 7.32. The number of carbonyl (C=O) groups excluding carboxylic acids is 4. The van der Waals surface area contributed by atoms with E-state index in [0.29, 0.717) is 5.56 Å². The first-order valence-corrected chi connectivity index (χ1v) is 27.4. The molecule has 0 radical (unpaired) electrons. The Balaban J connectivity index is 1.36. The number of nitrogens with one attached hydrogen (secondary N) is 4. The number of alkyl carbamates (subject to hydrolysis) is 1. The van der Waals surface area contributed by atoms with Crippen molar-refractivity contribution in [1.82, 2.24) is 39.7 Å². The van der Waals surface area contributed by atoms with Crippen molar-refractivity contribution in [1.29, 1.82) is 5.26 Å². The summed E-state index contributed by atoms with van der Waals surface area (Å²) in [6.45, 7) is 16.1. The molecule has 4 aromatic rings. The summed E-state index contributed by atoms with van der Waals surface area (Å²) in [6, 6.07) is 9.46. The summed E-state index contributed by atoms with van der Waals surface area (Å²) < 4.78 is 60.4. The van der Waals surface area contributed by atoms with E-state index in [1.807, 2.05) is 39.9 Å². The SMILES string of the molecule is CC(=O)Nc1ccn([C@H]2C[C@H](OP(=O)(OCCC#N)OC[C@H]3O[C@@H](n4cnc5c(NC(=O)c6ccccc6)ncnc54)[C@H](NC(=O)[C@H](C)NC(=O)OC(C)(C)C)[C@@H]3O[Si](C)(C)C(C)(C)C)[C@@H](CO)O2)c(=O)n1. The van der Waals surface area contributed by atoms with Crippen molar-refractivity contribution < 1.29 is 61.1 Å². The standard InChI is InChI=1S/C45H62N11O14PSi/c1-26(50-43(62)68-44(3,4)5)39(59)53-34-36(70-72(9,10)45(6,7)8)31(67-41(34)56-25-49-35-37(47-24-48-38(35)56)54-40(60)28-15-12-11-13-16-28)23-65-71(63,64-20-14-18-46)69-29-21-33(66-30(29)22-57)55-19-17-32(51-27(2)58)52-42(55)61/h11-13,15-17,19,24-26,29-31,33-34,36,41,57H,14,20-23H2,1-10H3,(H,50,62)(H,53,59)(H,47,48,54,60)(H,51,52,58,61)/t26-,29-,30+,31+,33+,34+,36+,41+,71?/m0/s1. The number of aromatic nitrogens is 6. The zero-order valence-corrected chi connectivity index (χ0v) is 43.6. The highest BCUT2D eigenvalue weighted by atomic mass is 31.2. The van der Waals surface area contributed by atoms with E-state index in [4.69, 9.17) is 32.2 Å². The van der Waals surface area contributed by atoms with Gasteiger partial charge in [0.05, 0.1) is 44.7 Å². The van der Waals surface area contributed by atoms with Crippen molar-refractivity contribution in [3.8, 4) is 6.07 Å². The van der Waals surface area contributed by atoms with Gasteiger partial charge in [-0.2, -0.15) is 10.2 Å². The van der Waals surface area contributed by atoms with Gasteiger partial charge in [-0.25, -0.2) is 29.1 Å². The van der Waals surface area contributed by atoms with Crippen molar-refractivity contribution in [3.05, 3.63) is 71.3 Å². The Kier molecular flexibility index (Phi) is 17.5. The van der Waals surface area contributed by atoms with Crippen LogP contribution in [0.5, 0.6) is 0 Å². The zero-order valence-electron chi connectivity index (χ0n) is 41.7. The first-order chi connectivity index (χ1) is 33.8. The summed E-state index contributed by atoms with van der Waals surface area (Å²) >= 11 is 0. The fourth-order valence-corrected chi connectivity index (χ4v) is 10.1. The van der Waals surface area contributed by atoms with E-state index in [1.165, 1.54) is 43.3 Å². The monoisotopic (exact) mass is 1040 g/mol. The van der Waals surface area contributed by atoms with Crippen molar-refractivity contribution in [3.63, 3.8) is 0 Å². The third-order valence-corrected chi connectivity index (χ3v) is 17.8. The lowest BCUT2D eigenvalue weighted by Gasteiger charge is -2.41. The van der Waals surface area contributed by atoms with Crippen LogP contribution in [0.3, 0.4) is 0 Å². The molecule has 3 aromatic heterocycles. The number of benzene rings is 1. The first-order valence-electron chi connectivity index (χ1n) is 23.1. The zero-order chi connectivity index (χ0) is 52.8. The predicted octanol–water partition coefficient (Wildman–Crippen LogP) is 4.70. The van der Waals surface area contributed by atoms with Crippen molar-refractivity contribution >= 4 is 62.8 Å². The molecule has 0 aliphatic carbocycles. The molecule has 4 amide bonds. The van der Waals surface area contributed by atoms with Crippen molar-refractivity contribution in [2.24, 2.45) is 0 Å². The number of aliphatic hydroxyl groups is 1. The number of phosphoric ester groups is 1. The average Bonchev–Trinajstić information content (AvgIpc) is 4.00. The minimum atomic E-state index is -4.77. The van der Waals surface area contributed by atoms with Gasteiger partial charge in [0.2, 0.25) is 11.8 Å². The molecule has 2 aliphatic rings. The van der Waals surface area contributed by atoms with Crippen LogP contribution < -0.4 is 27.0 Å². The van der Waals surface area contributed by atoms with Gasteiger partial charge in [0.15, 0.2) is 31.5 Å². The summed E-state index contributed by atoms with van der Waals surface area (Å²) in [5, 5.41) is 30.1. The Morgan fingerprint density at radius 3 is 2.36 bits per heavy atom. The average molecular weight is 1040 g/mol. The van der Waals surface area contributed by atoms with Crippen LogP contribution in [0.2, 0.25) is 18.1 Å². The second-order valence-corrected chi connectivity index (χ2v) is 25.9. The molecule has 0 spiro atoms. The van der Waals surface area contributed by atoms with Gasteiger partial charge in [-0.3, -0.25) is 37.1 Å². The number of amides is 4. The van der Waals surface area contributed by atoms with Crippen LogP contribution in [0.15, 0.2) is 60.0 Å². The summed E-state index contributed by atoms with van der Waals surface area (Å²) in [6.07, 6.45) is -4.29. The lowest BCUT2D eigenvalue weighted by atomic mass is 10.1. The van der Waals surface area contributed by atoms with E-state index in [0.717, 1.165) is 4.57 Å². The number of fused-ring (bicyclic) bond motifs is 1. The lowest BCUT2D eigenvalue weighted by Crippen LogP contribution is -2.57. The van der Waals surface area contributed by atoms with Gasteiger partial charge < -0.3 is 45.0 Å². The number of aliphatic hydroxyl groups excluding tert-OH is 1. The van der Waals surface area contributed by atoms with Crippen LogP contribution >= 0.6 is 7.82 Å². The molecule has 1 unspecified atom stereocenters. The Morgan fingerprint density at radius 2 is 1.72 bits per heavy atom. The van der Waals surface area contributed by atoms with E-state index >= 15 is 0 Å². The molecule has 390 valence electrons. The molecule has 5 heterocycles. The minimum absolute atomic E-state index is 0.00428. The highest BCUT2D eigenvalue weighted by Gasteiger charge is 2.53. The maximum atomic E-state index is 14.8. The third-order valence-electron chi connectivity index (χ3n) is 11.8. The van der Waals surface area contributed by atoms with E-state index in [2.05, 4.69) is 41.2 Å². The summed E-state index contributed by atoms with van der Waals surface area (Å²) in [5.74, 6) is -1.49. The molecule has 2 fully saturated rings. The lowest BCUT2D eigenvalue weighted by molar-refractivity contribution is -0.124. The molecular weight excluding hydrogens is 978 g/mol. The van der Waals surface area contributed by atoms with E-state index in [1.54, 1.807) is 51.1 Å². The van der Waals surface area contributed by atoms with E-state index in [9.17, 15) is 38.9 Å². The van der Waals surface area contributed by atoms with Gasteiger partial charge >= 0.3 is 19.6 Å². The van der Waals surface area contributed by atoms with Gasteiger partial charge in [-0.05, 0) is 64.0 Å². The Hall–Kier alpha value is -6.01. The number of nitrogens with zero attached hydrogens (tertiary/aromatic N) is 7. The number of anilines is 2. The second kappa shape index (κ2) is 22.8. The van der Waals surface area contributed by atoms with Gasteiger partial charge in [0.1, 0.15) is 54.4 Å². The van der Waals surface area contributed by atoms with Crippen molar-refractivity contribution in [2.45, 2.75) is 141 Å². The molecule has 0 bridgehead atoms. The maximum absolute atomic E-state index is 14.8. The molecule has 72 heavy (non-hydrogen) atoms. The minimum Gasteiger partial charge on any atom is -0.444 e. The highest BCUT2D eigenvalue weighted by molar-refractivity contribution is 7.48. The molecular formula is C45H62N11O14PSi. The van der Waals surface area contributed by atoms with Gasteiger partial charge in [-0.1, -0.05) is 39.0 Å². The molecule has 1 aromatic carbocycles. The van der Waals surface area contributed by atoms with Crippen LogP contribution in [-0.2, 0) is 46.4 Å². The van der Waals surface area contributed by atoms with Crippen LogP contribution in [0, 0.1) is 11.3 Å².